The smallest absolute Gasteiger partial charge is 0.151 e. The Bertz CT molecular complexity index is 338. The molecule has 1 aliphatic rings. The summed E-state index contributed by atoms with van der Waals surface area (Å²) < 4.78 is 0. The molecule has 4 heteroatoms. The van der Waals surface area contributed by atoms with Crippen LogP contribution in [0.3, 0.4) is 0 Å². The van der Waals surface area contributed by atoms with Crippen LogP contribution in [0.15, 0.2) is 12.3 Å². The summed E-state index contributed by atoms with van der Waals surface area (Å²) in [5, 5.41) is 17.8. The van der Waals surface area contributed by atoms with Gasteiger partial charge in [0.2, 0.25) is 0 Å². The summed E-state index contributed by atoms with van der Waals surface area (Å²) in [6.07, 6.45) is 2.53. The van der Waals surface area contributed by atoms with Crippen LogP contribution in [0.4, 0.5) is 5.82 Å². The minimum absolute atomic E-state index is 0.578. The predicted molar refractivity (Wildman–Crippen MR) is 54.2 cm³/mol. The van der Waals surface area contributed by atoms with E-state index in [1.165, 1.54) is 0 Å². The van der Waals surface area contributed by atoms with Gasteiger partial charge in [0.25, 0.3) is 0 Å². The van der Waals surface area contributed by atoms with E-state index in [-0.39, 0.29) is 0 Å². The maximum atomic E-state index is 9.81. The van der Waals surface area contributed by atoms with Gasteiger partial charge in [-0.25, -0.2) is 0 Å². The standard InChI is InChI=1S/C10H15N3O/c1-8-5-9(12-11-6-8)13-4-3-10(2,14)7-13/h5-6,14H,3-4,7H2,1-2H3. The molecule has 0 aromatic carbocycles. The molecule has 1 aromatic heterocycles. The first kappa shape index (κ1) is 9.40. The number of β-amino-alcohol motifs (C(OH)–C–C–N with tert-alkyl or cyclic N) is 1. The molecule has 0 bridgehead atoms. The molecule has 76 valence electrons. The van der Waals surface area contributed by atoms with Crippen molar-refractivity contribution >= 4 is 5.82 Å². The molecular weight excluding hydrogens is 178 g/mol. The van der Waals surface area contributed by atoms with Gasteiger partial charge in [0.15, 0.2) is 5.82 Å². The van der Waals surface area contributed by atoms with Crippen molar-refractivity contribution in [1.29, 1.82) is 0 Å². The van der Waals surface area contributed by atoms with Gasteiger partial charge in [-0.2, -0.15) is 5.10 Å². The van der Waals surface area contributed by atoms with Gasteiger partial charge >= 0.3 is 0 Å². The van der Waals surface area contributed by atoms with E-state index in [9.17, 15) is 5.11 Å². The van der Waals surface area contributed by atoms with E-state index in [2.05, 4.69) is 15.1 Å². The van der Waals surface area contributed by atoms with Crippen LogP contribution in [-0.2, 0) is 0 Å². The Hall–Kier alpha value is -1.16. The zero-order valence-corrected chi connectivity index (χ0v) is 8.56. The average Bonchev–Trinajstić information content (AvgIpc) is 2.46. The molecule has 14 heavy (non-hydrogen) atoms. The molecule has 2 heterocycles. The number of nitrogens with zero attached hydrogens (tertiary/aromatic N) is 3. The number of aliphatic hydroxyl groups is 1. The molecule has 2 rings (SSSR count). The highest BCUT2D eigenvalue weighted by atomic mass is 16.3. The van der Waals surface area contributed by atoms with Crippen molar-refractivity contribution in [2.75, 3.05) is 18.0 Å². The Kier molecular flexibility index (Phi) is 2.15. The van der Waals surface area contributed by atoms with E-state index in [0.29, 0.717) is 6.54 Å². The van der Waals surface area contributed by atoms with Crippen LogP contribution in [0.25, 0.3) is 0 Å². The number of hydrogen-bond donors (Lipinski definition) is 1. The Labute approximate surface area is 83.6 Å². The first-order valence-corrected chi connectivity index (χ1v) is 4.83. The second-order valence-corrected chi connectivity index (χ2v) is 4.26. The van der Waals surface area contributed by atoms with Gasteiger partial charge in [-0.05, 0) is 31.9 Å². The molecular formula is C10H15N3O. The lowest BCUT2D eigenvalue weighted by atomic mass is 10.1. The normalized spacial score (nSPS) is 26.9. The Morgan fingerprint density at radius 3 is 2.93 bits per heavy atom. The maximum Gasteiger partial charge on any atom is 0.151 e. The monoisotopic (exact) mass is 193 g/mol. The zero-order chi connectivity index (χ0) is 10.2. The second-order valence-electron chi connectivity index (χ2n) is 4.26. The van der Waals surface area contributed by atoms with Crippen LogP contribution in [0, 0.1) is 6.92 Å². The van der Waals surface area contributed by atoms with Crippen LogP contribution < -0.4 is 4.90 Å². The Balaban J connectivity index is 2.17. The number of aryl methyl sites for hydroxylation is 1. The van der Waals surface area contributed by atoms with Gasteiger partial charge in [0.05, 0.1) is 11.8 Å². The van der Waals surface area contributed by atoms with Gasteiger partial charge in [-0.15, -0.1) is 5.10 Å². The van der Waals surface area contributed by atoms with Gasteiger partial charge in [0.1, 0.15) is 0 Å². The molecule has 0 amide bonds. The highest BCUT2D eigenvalue weighted by Gasteiger charge is 2.32. The quantitative estimate of drug-likeness (QED) is 0.715. The predicted octanol–water partition coefficient (Wildman–Crippen LogP) is 0.746. The molecule has 4 nitrogen and oxygen atoms in total. The van der Waals surface area contributed by atoms with Crippen LogP contribution in [-0.4, -0.2) is 34.0 Å². The molecule has 1 unspecified atom stereocenters. The molecule has 1 N–H and O–H groups in total. The topological polar surface area (TPSA) is 49.2 Å². The van der Waals surface area contributed by atoms with E-state index in [0.717, 1.165) is 24.3 Å². The Morgan fingerprint density at radius 1 is 1.57 bits per heavy atom. The highest BCUT2D eigenvalue weighted by Crippen LogP contribution is 2.24. The van der Waals surface area contributed by atoms with Crippen molar-refractivity contribution in [3.63, 3.8) is 0 Å². The largest absolute Gasteiger partial charge is 0.388 e. The van der Waals surface area contributed by atoms with Gasteiger partial charge < -0.3 is 10.0 Å². The van der Waals surface area contributed by atoms with Crippen LogP contribution in [0.2, 0.25) is 0 Å². The van der Waals surface area contributed by atoms with Crippen molar-refractivity contribution in [3.8, 4) is 0 Å². The van der Waals surface area contributed by atoms with E-state index in [1.54, 1.807) is 6.20 Å². The van der Waals surface area contributed by atoms with E-state index < -0.39 is 5.60 Å². The minimum Gasteiger partial charge on any atom is -0.388 e. The molecule has 1 aliphatic heterocycles. The number of hydrogen-bond acceptors (Lipinski definition) is 4. The second kappa shape index (κ2) is 3.20. The van der Waals surface area contributed by atoms with Crippen molar-refractivity contribution in [2.45, 2.75) is 25.9 Å². The number of anilines is 1. The third kappa shape index (κ3) is 1.85. The molecule has 1 aromatic rings. The lowest BCUT2D eigenvalue weighted by Gasteiger charge is -2.19. The zero-order valence-electron chi connectivity index (χ0n) is 8.56. The Morgan fingerprint density at radius 2 is 2.36 bits per heavy atom. The highest BCUT2D eigenvalue weighted by molar-refractivity contribution is 5.41. The summed E-state index contributed by atoms with van der Waals surface area (Å²) in [5.41, 5.74) is 0.521. The SMILES string of the molecule is Cc1cnnc(N2CCC(C)(O)C2)c1. The fourth-order valence-electron chi connectivity index (χ4n) is 1.74. The van der Waals surface area contributed by atoms with Crippen molar-refractivity contribution in [1.82, 2.24) is 10.2 Å². The summed E-state index contributed by atoms with van der Waals surface area (Å²) in [6.45, 7) is 5.35. The lowest BCUT2D eigenvalue weighted by molar-refractivity contribution is 0.0839. The van der Waals surface area contributed by atoms with Crippen molar-refractivity contribution in [2.24, 2.45) is 0 Å². The van der Waals surface area contributed by atoms with Gasteiger partial charge in [-0.3, -0.25) is 0 Å². The average molecular weight is 193 g/mol. The van der Waals surface area contributed by atoms with E-state index >= 15 is 0 Å². The molecule has 0 saturated carbocycles. The summed E-state index contributed by atoms with van der Waals surface area (Å²) in [7, 11) is 0. The van der Waals surface area contributed by atoms with E-state index in [4.69, 9.17) is 0 Å². The minimum atomic E-state index is -0.578. The fraction of sp³-hybridized carbons (Fsp3) is 0.600. The van der Waals surface area contributed by atoms with Crippen molar-refractivity contribution < 1.29 is 5.11 Å². The third-order valence-corrected chi connectivity index (χ3v) is 2.55. The van der Waals surface area contributed by atoms with Gasteiger partial charge in [-0.1, -0.05) is 0 Å². The summed E-state index contributed by atoms with van der Waals surface area (Å²) in [5.74, 6) is 0.864. The van der Waals surface area contributed by atoms with Crippen molar-refractivity contribution in [3.05, 3.63) is 17.8 Å². The van der Waals surface area contributed by atoms with Gasteiger partial charge in [0, 0.05) is 13.1 Å². The summed E-state index contributed by atoms with van der Waals surface area (Å²) >= 11 is 0. The summed E-state index contributed by atoms with van der Waals surface area (Å²) in [4.78, 5) is 2.07. The van der Waals surface area contributed by atoms with Crippen LogP contribution in [0.5, 0.6) is 0 Å². The molecule has 0 spiro atoms. The third-order valence-electron chi connectivity index (χ3n) is 2.55. The molecule has 0 aliphatic carbocycles. The van der Waals surface area contributed by atoms with Crippen LogP contribution >= 0.6 is 0 Å². The number of rotatable bonds is 1. The first-order valence-electron chi connectivity index (χ1n) is 4.83. The molecule has 0 radical (unpaired) electrons. The van der Waals surface area contributed by atoms with Crippen LogP contribution in [0.1, 0.15) is 18.9 Å². The molecule has 1 fully saturated rings. The fourth-order valence-corrected chi connectivity index (χ4v) is 1.74. The first-order chi connectivity index (χ1) is 6.57. The summed E-state index contributed by atoms with van der Waals surface area (Å²) in [6, 6.07) is 1.99. The van der Waals surface area contributed by atoms with E-state index in [1.807, 2.05) is 19.9 Å². The lowest BCUT2D eigenvalue weighted by Crippen LogP contribution is -2.30. The maximum absolute atomic E-state index is 9.81. The molecule has 1 atom stereocenters. The number of aromatic nitrogens is 2. The molecule has 1 saturated heterocycles.